The van der Waals surface area contributed by atoms with Gasteiger partial charge in [-0.25, -0.2) is 4.79 Å². The lowest BCUT2D eigenvalue weighted by Crippen LogP contribution is -2.43. The molecule has 1 aromatic rings. The summed E-state index contributed by atoms with van der Waals surface area (Å²) in [5.74, 6) is 1.29. The Morgan fingerprint density at radius 1 is 1.17 bits per heavy atom. The molecule has 1 aromatic carbocycles. The van der Waals surface area contributed by atoms with Crippen LogP contribution in [-0.2, 0) is 22.5 Å². The summed E-state index contributed by atoms with van der Waals surface area (Å²) in [6.07, 6.45) is 0.341. The molecule has 0 bridgehead atoms. The normalized spacial score (nSPS) is 16.9. The van der Waals surface area contributed by atoms with Crippen LogP contribution in [0.4, 0.5) is 4.79 Å². The summed E-state index contributed by atoms with van der Waals surface area (Å²) >= 11 is 0. The van der Waals surface area contributed by atoms with Gasteiger partial charge >= 0.3 is 6.09 Å². The van der Waals surface area contributed by atoms with Gasteiger partial charge in [0.1, 0.15) is 13.2 Å². The molecule has 1 fully saturated rings. The number of rotatable bonds is 4. The molecule has 0 N–H and O–H groups in total. The zero-order valence-electron chi connectivity index (χ0n) is 13.3. The van der Waals surface area contributed by atoms with Crippen LogP contribution in [0, 0.1) is 0 Å². The van der Waals surface area contributed by atoms with Gasteiger partial charge in [-0.1, -0.05) is 0 Å². The molecule has 2 aliphatic heterocycles. The number of methoxy groups -OCH3 is 2. The van der Waals surface area contributed by atoms with E-state index in [0.717, 1.165) is 17.5 Å². The number of ether oxygens (including phenoxy) is 3. The lowest BCUT2D eigenvalue weighted by Gasteiger charge is -2.30. The van der Waals surface area contributed by atoms with E-state index < -0.39 is 6.09 Å². The van der Waals surface area contributed by atoms with Crippen LogP contribution in [0.15, 0.2) is 12.1 Å². The second kappa shape index (κ2) is 6.36. The number of nitrogens with zero attached hydrogens (tertiary/aromatic N) is 2. The zero-order chi connectivity index (χ0) is 16.4. The molecule has 7 heteroatoms. The first-order valence-corrected chi connectivity index (χ1v) is 7.55. The van der Waals surface area contributed by atoms with Crippen molar-refractivity contribution in [2.45, 2.75) is 13.0 Å². The second-order valence-corrected chi connectivity index (χ2v) is 5.58. The summed E-state index contributed by atoms with van der Waals surface area (Å²) in [5.41, 5.74) is 2.21. The SMILES string of the molecule is COc1cc2c(cc1OC)CN(C(=O)CN1CCOC1=O)CC2. The molecule has 0 aromatic heterocycles. The molecule has 124 valence electrons. The molecule has 0 unspecified atom stereocenters. The van der Waals surface area contributed by atoms with Crippen LogP contribution in [0.25, 0.3) is 0 Å². The predicted octanol–water partition coefficient (Wildman–Crippen LogP) is 1.04. The summed E-state index contributed by atoms with van der Waals surface area (Å²) in [5, 5.41) is 0. The molecule has 0 saturated carbocycles. The van der Waals surface area contributed by atoms with Crippen molar-refractivity contribution in [2.24, 2.45) is 0 Å². The van der Waals surface area contributed by atoms with E-state index in [1.807, 2.05) is 12.1 Å². The average Bonchev–Trinajstić information content (AvgIpc) is 2.97. The van der Waals surface area contributed by atoms with E-state index in [1.54, 1.807) is 19.1 Å². The molecule has 2 aliphatic rings. The number of hydrogen-bond acceptors (Lipinski definition) is 5. The summed E-state index contributed by atoms with van der Waals surface area (Å²) in [7, 11) is 3.20. The van der Waals surface area contributed by atoms with E-state index in [4.69, 9.17) is 14.2 Å². The third-order valence-electron chi connectivity index (χ3n) is 4.24. The van der Waals surface area contributed by atoms with Gasteiger partial charge in [-0.15, -0.1) is 0 Å². The maximum Gasteiger partial charge on any atom is 0.410 e. The third-order valence-corrected chi connectivity index (χ3v) is 4.24. The maximum absolute atomic E-state index is 12.4. The Hall–Kier alpha value is -2.44. The fraction of sp³-hybridized carbons (Fsp3) is 0.500. The van der Waals surface area contributed by atoms with Crippen LogP contribution >= 0.6 is 0 Å². The van der Waals surface area contributed by atoms with Crippen LogP contribution in [0.1, 0.15) is 11.1 Å². The molecule has 0 aliphatic carbocycles. The Balaban J connectivity index is 1.71. The molecule has 0 spiro atoms. The van der Waals surface area contributed by atoms with Crippen molar-refractivity contribution >= 4 is 12.0 Å². The monoisotopic (exact) mass is 320 g/mol. The standard InChI is InChI=1S/C16H20N2O5/c1-21-13-7-11-3-4-17(9-12(11)8-14(13)22-2)15(19)10-18-5-6-23-16(18)20/h7-8H,3-6,9-10H2,1-2H3. The molecule has 1 saturated heterocycles. The third kappa shape index (κ3) is 3.04. The minimum absolute atomic E-state index is 0.0655. The highest BCUT2D eigenvalue weighted by atomic mass is 16.6. The van der Waals surface area contributed by atoms with Crippen molar-refractivity contribution < 1.29 is 23.8 Å². The van der Waals surface area contributed by atoms with Gasteiger partial charge in [-0.05, 0) is 29.7 Å². The van der Waals surface area contributed by atoms with Gasteiger partial charge < -0.3 is 19.1 Å². The Kier molecular flexibility index (Phi) is 4.27. The first-order chi connectivity index (χ1) is 11.1. The van der Waals surface area contributed by atoms with Gasteiger partial charge in [0, 0.05) is 13.1 Å². The van der Waals surface area contributed by atoms with Gasteiger partial charge in [-0.2, -0.15) is 0 Å². The van der Waals surface area contributed by atoms with Crippen molar-refractivity contribution in [1.82, 2.24) is 9.80 Å². The molecular weight excluding hydrogens is 300 g/mol. The van der Waals surface area contributed by atoms with Crippen molar-refractivity contribution in [3.8, 4) is 11.5 Å². The van der Waals surface area contributed by atoms with Crippen molar-refractivity contribution in [3.05, 3.63) is 23.3 Å². The van der Waals surface area contributed by atoms with Gasteiger partial charge in [-0.3, -0.25) is 9.69 Å². The predicted molar refractivity (Wildman–Crippen MR) is 81.6 cm³/mol. The molecule has 0 atom stereocenters. The average molecular weight is 320 g/mol. The molecule has 23 heavy (non-hydrogen) atoms. The molecule has 0 radical (unpaired) electrons. The number of carbonyl (C=O) groups excluding carboxylic acids is 2. The summed E-state index contributed by atoms with van der Waals surface area (Å²) in [4.78, 5) is 27.1. The number of cyclic esters (lactones) is 1. The Labute approximate surface area is 134 Å². The van der Waals surface area contributed by atoms with Crippen molar-refractivity contribution in [2.75, 3.05) is 40.5 Å². The highest BCUT2D eigenvalue weighted by molar-refractivity contribution is 5.83. The lowest BCUT2D eigenvalue weighted by molar-refractivity contribution is -0.132. The van der Waals surface area contributed by atoms with E-state index in [2.05, 4.69) is 0 Å². The van der Waals surface area contributed by atoms with Crippen molar-refractivity contribution in [1.29, 1.82) is 0 Å². The number of hydrogen-bond donors (Lipinski definition) is 0. The number of benzene rings is 1. The first kappa shape index (κ1) is 15.5. The van der Waals surface area contributed by atoms with Crippen LogP contribution < -0.4 is 9.47 Å². The lowest BCUT2D eigenvalue weighted by atomic mass is 9.98. The van der Waals surface area contributed by atoms with E-state index in [-0.39, 0.29) is 12.5 Å². The summed E-state index contributed by atoms with van der Waals surface area (Å²) < 4.78 is 15.5. The quantitative estimate of drug-likeness (QED) is 0.829. The smallest absolute Gasteiger partial charge is 0.410 e. The zero-order valence-corrected chi connectivity index (χ0v) is 13.3. The number of carbonyl (C=O) groups is 2. The van der Waals surface area contributed by atoms with E-state index in [0.29, 0.717) is 37.7 Å². The second-order valence-electron chi connectivity index (χ2n) is 5.58. The maximum atomic E-state index is 12.4. The number of fused-ring (bicyclic) bond motifs is 1. The summed E-state index contributed by atoms with van der Waals surface area (Å²) in [6.45, 7) is 2.04. The first-order valence-electron chi connectivity index (χ1n) is 7.55. The fourth-order valence-electron chi connectivity index (χ4n) is 2.93. The minimum atomic E-state index is -0.415. The molecular formula is C16H20N2O5. The van der Waals surface area contributed by atoms with Gasteiger partial charge in [0.05, 0.1) is 20.8 Å². The van der Waals surface area contributed by atoms with E-state index in [1.165, 1.54) is 4.90 Å². The topological polar surface area (TPSA) is 68.3 Å². The number of amides is 2. The fourth-order valence-corrected chi connectivity index (χ4v) is 2.93. The molecule has 2 heterocycles. The Morgan fingerprint density at radius 2 is 1.87 bits per heavy atom. The van der Waals surface area contributed by atoms with E-state index >= 15 is 0 Å². The molecule has 7 nitrogen and oxygen atoms in total. The highest BCUT2D eigenvalue weighted by Gasteiger charge is 2.28. The minimum Gasteiger partial charge on any atom is -0.493 e. The van der Waals surface area contributed by atoms with Gasteiger partial charge in [0.15, 0.2) is 11.5 Å². The van der Waals surface area contributed by atoms with E-state index in [9.17, 15) is 9.59 Å². The van der Waals surface area contributed by atoms with Crippen LogP contribution in [0.5, 0.6) is 11.5 Å². The highest BCUT2D eigenvalue weighted by Crippen LogP contribution is 2.33. The molecule has 2 amide bonds. The summed E-state index contributed by atoms with van der Waals surface area (Å²) in [6, 6.07) is 3.88. The Bertz CT molecular complexity index is 631. The van der Waals surface area contributed by atoms with Crippen molar-refractivity contribution in [3.63, 3.8) is 0 Å². The molecule has 3 rings (SSSR count). The van der Waals surface area contributed by atoms with Crippen LogP contribution in [-0.4, -0.2) is 62.3 Å². The van der Waals surface area contributed by atoms with Gasteiger partial charge in [0.2, 0.25) is 5.91 Å². The largest absolute Gasteiger partial charge is 0.493 e. The Morgan fingerprint density at radius 3 is 2.48 bits per heavy atom. The van der Waals surface area contributed by atoms with Crippen LogP contribution in [0.2, 0.25) is 0 Å². The van der Waals surface area contributed by atoms with Gasteiger partial charge in [0.25, 0.3) is 0 Å². The van der Waals surface area contributed by atoms with Crippen LogP contribution in [0.3, 0.4) is 0 Å².